The molecule has 0 unspecified atom stereocenters. The van der Waals surface area contributed by atoms with E-state index in [-0.39, 0.29) is 12.3 Å². The Labute approximate surface area is 105 Å². The Kier molecular flexibility index (Phi) is 10.7. The normalized spacial score (nSPS) is 13.5. The number of hydrogen-bond acceptors (Lipinski definition) is 1. The van der Waals surface area contributed by atoms with Crippen molar-refractivity contribution >= 4 is 5.97 Å². The molecule has 0 radical (unpaired) electrons. The minimum absolute atomic E-state index is 0.234. The molecule has 2 nitrogen and oxygen atoms in total. The van der Waals surface area contributed by atoms with Gasteiger partial charge in [-0.1, -0.05) is 51.0 Å². The predicted molar refractivity (Wildman–Crippen MR) is 73.1 cm³/mol. The largest absolute Gasteiger partial charge is 0.481 e. The van der Waals surface area contributed by atoms with Crippen LogP contribution in [0.1, 0.15) is 58.8 Å². The summed E-state index contributed by atoms with van der Waals surface area (Å²) in [5.41, 5.74) is 0. The Balaban J connectivity index is 3.44. The van der Waals surface area contributed by atoms with E-state index < -0.39 is 5.97 Å². The van der Waals surface area contributed by atoms with Crippen LogP contribution in [0.3, 0.4) is 0 Å². The number of carboxylic acid groups (broad SMARTS) is 1. The van der Waals surface area contributed by atoms with E-state index in [0.29, 0.717) is 0 Å². The second kappa shape index (κ2) is 11.4. The Morgan fingerprint density at radius 3 is 2.53 bits per heavy atom. The van der Waals surface area contributed by atoms with E-state index >= 15 is 0 Å². The van der Waals surface area contributed by atoms with Crippen molar-refractivity contribution in [1.82, 2.24) is 0 Å². The quantitative estimate of drug-likeness (QED) is 0.447. The van der Waals surface area contributed by atoms with Crippen LogP contribution in [-0.2, 0) is 4.79 Å². The Bertz CT molecular complexity index is 241. The Morgan fingerprint density at radius 1 is 1.18 bits per heavy atom. The SMILES string of the molecule is CCCCC/C=C\C/C=C\C[C@H](C)CC(=O)O. The average Bonchev–Trinajstić information content (AvgIpc) is 2.26. The van der Waals surface area contributed by atoms with Crippen molar-refractivity contribution in [3.63, 3.8) is 0 Å². The summed E-state index contributed by atoms with van der Waals surface area (Å²) in [4.78, 5) is 10.4. The highest BCUT2D eigenvalue weighted by Gasteiger charge is 2.04. The van der Waals surface area contributed by atoms with Crippen LogP contribution in [0.5, 0.6) is 0 Å². The first kappa shape index (κ1) is 16.0. The lowest BCUT2D eigenvalue weighted by atomic mass is 10.0. The molecule has 0 aliphatic carbocycles. The fourth-order valence-corrected chi connectivity index (χ4v) is 1.61. The molecule has 98 valence electrons. The monoisotopic (exact) mass is 238 g/mol. The molecular formula is C15H26O2. The third-order valence-corrected chi connectivity index (χ3v) is 2.64. The second-order valence-corrected chi connectivity index (χ2v) is 4.61. The molecule has 0 aromatic heterocycles. The van der Waals surface area contributed by atoms with Crippen LogP contribution >= 0.6 is 0 Å². The molecule has 0 heterocycles. The molecule has 0 aromatic carbocycles. The smallest absolute Gasteiger partial charge is 0.303 e. The standard InChI is InChI=1S/C15H26O2/c1-3-4-5-6-7-8-9-10-11-12-14(2)13-15(16)17/h7-8,10-11,14H,3-6,9,12-13H2,1-2H3,(H,16,17)/b8-7-,11-10-/t14-/m0/s1. The van der Waals surface area contributed by atoms with Gasteiger partial charge in [0.25, 0.3) is 0 Å². The molecule has 0 aliphatic heterocycles. The van der Waals surface area contributed by atoms with Gasteiger partial charge in [-0.2, -0.15) is 0 Å². The van der Waals surface area contributed by atoms with E-state index in [1.54, 1.807) is 0 Å². The molecular weight excluding hydrogens is 212 g/mol. The van der Waals surface area contributed by atoms with Crippen molar-refractivity contribution in [2.75, 3.05) is 0 Å². The molecule has 0 fully saturated rings. The zero-order chi connectivity index (χ0) is 12.9. The summed E-state index contributed by atoms with van der Waals surface area (Å²) in [6, 6.07) is 0. The number of rotatable bonds is 10. The molecule has 0 saturated carbocycles. The van der Waals surface area contributed by atoms with Gasteiger partial charge in [0, 0.05) is 6.42 Å². The van der Waals surface area contributed by atoms with Gasteiger partial charge in [-0.05, 0) is 31.6 Å². The van der Waals surface area contributed by atoms with Crippen molar-refractivity contribution in [2.24, 2.45) is 5.92 Å². The molecule has 0 aliphatic rings. The second-order valence-electron chi connectivity index (χ2n) is 4.61. The lowest BCUT2D eigenvalue weighted by Crippen LogP contribution is -2.02. The van der Waals surface area contributed by atoms with Gasteiger partial charge >= 0.3 is 5.97 Å². The predicted octanol–water partition coefficient (Wildman–Crippen LogP) is 4.57. The maximum absolute atomic E-state index is 10.4. The average molecular weight is 238 g/mol. The van der Waals surface area contributed by atoms with Crippen molar-refractivity contribution in [3.8, 4) is 0 Å². The summed E-state index contributed by atoms with van der Waals surface area (Å²) in [5.74, 6) is -0.473. The van der Waals surface area contributed by atoms with Crippen molar-refractivity contribution < 1.29 is 9.90 Å². The van der Waals surface area contributed by atoms with Crippen LogP contribution in [0.25, 0.3) is 0 Å². The molecule has 1 atom stereocenters. The van der Waals surface area contributed by atoms with E-state index in [4.69, 9.17) is 5.11 Å². The fourth-order valence-electron chi connectivity index (χ4n) is 1.61. The molecule has 2 heteroatoms. The van der Waals surface area contributed by atoms with Crippen molar-refractivity contribution in [1.29, 1.82) is 0 Å². The van der Waals surface area contributed by atoms with Gasteiger partial charge in [-0.15, -0.1) is 0 Å². The van der Waals surface area contributed by atoms with Gasteiger partial charge < -0.3 is 5.11 Å². The maximum atomic E-state index is 10.4. The summed E-state index contributed by atoms with van der Waals surface area (Å²) < 4.78 is 0. The molecule has 0 saturated heterocycles. The van der Waals surface area contributed by atoms with Crippen LogP contribution < -0.4 is 0 Å². The summed E-state index contributed by atoms with van der Waals surface area (Å²) in [7, 11) is 0. The molecule has 1 N–H and O–H groups in total. The Hall–Kier alpha value is -1.05. The first-order chi connectivity index (χ1) is 8.16. The first-order valence-corrected chi connectivity index (χ1v) is 6.68. The summed E-state index contributed by atoms with van der Waals surface area (Å²) in [5, 5.41) is 8.59. The fraction of sp³-hybridized carbons (Fsp3) is 0.667. The minimum atomic E-state index is -0.707. The van der Waals surface area contributed by atoms with Crippen molar-refractivity contribution in [3.05, 3.63) is 24.3 Å². The number of allylic oxidation sites excluding steroid dienone is 4. The highest BCUT2D eigenvalue weighted by molar-refractivity contribution is 5.66. The highest BCUT2D eigenvalue weighted by Crippen LogP contribution is 2.08. The van der Waals surface area contributed by atoms with Gasteiger partial charge in [0.2, 0.25) is 0 Å². The molecule has 0 spiro atoms. The van der Waals surface area contributed by atoms with Gasteiger partial charge in [0.1, 0.15) is 0 Å². The molecule has 0 amide bonds. The lowest BCUT2D eigenvalue weighted by molar-refractivity contribution is -0.137. The van der Waals surface area contributed by atoms with E-state index in [2.05, 4.69) is 31.2 Å². The summed E-state index contributed by atoms with van der Waals surface area (Å²) in [6.07, 6.45) is 15.8. The van der Waals surface area contributed by atoms with Gasteiger partial charge in [-0.25, -0.2) is 0 Å². The number of carboxylic acids is 1. The van der Waals surface area contributed by atoms with Crippen LogP contribution in [0, 0.1) is 5.92 Å². The van der Waals surface area contributed by atoms with Crippen LogP contribution in [-0.4, -0.2) is 11.1 Å². The lowest BCUT2D eigenvalue weighted by Gasteiger charge is -2.02. The van der Waals surface area contributed by atoms with Gasteiger partial charge in [0.15, 0.2) is 0 Å². The van der Waals surface area contributed by atoms with Crippen LogP contribution in [0.15, 0.2) is 24.3 Å². The van der Waals surface area contributed by atoms with Crippen LogP contribution in [0.4, 0.5) is 0 Å². The van der Waals surface area contributed by atoms with E-state index in [1.165, 1.54) is 25.7 Å². The molecule has 0 aromatic rings. The topological polar surface area (TPSA) is 37.3 Å². The van der Waals surface area contributed by atoms with E-state index in [0.717, 1.165) is 12.8 Å². The van der Waals surface area contributed by atoms with Crippen LogP contribution in [0.2, 0.25) is 0 Å². The van der Waals surface area contributed by atoms with Crippen molar-refractivity contribution in [2.45, 2.75) is 58.8 Å². The zero-order valence-electron chi connectivity index (χ0n) is 11.2. The highest BCUT2D eigenvalue weighted by atomic mass is 16.4. The number of carbonyl (C=O) groups is 1. The van der Waals surface area contributed by atoms with E-state index in [1.807, 2.05) is 6.92 Å². The van der Waals surface area contributed by atoms with E-state index in [9.17, 15) is 4.79 Å². The zero-order valence-corrected chi connectivity index (χ0v) is 11.2. The number of unbranched alkanes of at least 4 members (excludes halogenated alkanes) is 3. The van der Waals surface area contributed by atoms with Gasteiger partial charge in [-0.3, -0.25) is 4.79 Å². The third kappa shape index (κ3) is 12.9. The summed E-state index contributed by atoms with van der Waals surface area (Å²) >= 11 is 0. The molecule has 17 heavy (non-hydrogen) atoms. The maximum Gasteiger partial charge on any atom is 0.303 e. The first-order valence-electron chi connectivity index (χ1n) is 6.68. The number of hydrogen-bond donors (Lipinski definition) is 1. The molecule has 0 rings (SSSR count). The molecule has 0 bridgehead atoms. The number of aliphatic carboxylic acids is 1. The van der Waals surface area contributed by atoms with Gasteiger partial charge in [0.05, 0.1) is 0 Å². The summed E-state index contributed by atoms with van der Waals surface area (Å²) in [6.45, 7) is 4.18. The third-order valence-electron chi connectivity index (χ3n) is 2.64. The Morgan fingerprint density at radius 2 is 1.88 bits per heavy atom. The minimum Gasteiger partial charge on any atom is -0.481 e.